The van der Waals surface area contributed by atoms with Crippen molar-refractivity contribution in [1.29, 1.82) is 0 Å². The van der Waals surface area contributed by atoms with E-state index in [-0.39, 0.29) is 36.7 Å². The standard InChI is InChI=1S/C26H29FN4O2/c1-29(19-9-3-2-4-10-19)25(33)17-31-23-14-8-6-12-21(23)28-26(31)18-15-24(32)30(16-18)22-13-7-5-11-20(22)27/h5-8,11-14,18-19H,2-4,9-10,15-17H2,1H3. The van der Waals surface area contributed by atoms with Crippen LogP contribution in [0.4, 0.5) is 10.1 Å². The van der Waals surface area contributed by atoms with Gasteiger partial charge in [0.05, 0.1) is 16.7 Å². The Morgan fingerprint density at radius 3 is 2.61 bits per heavy atom. The molecule has 1 atom stereocenters. The molecule has 1 aliphatic carbocycles. The van der Waals surface area contributed by atoms with Crippen molar-refractivity contribution in [3.05, 3.63) is 60.2 Å². The van der Waals surface area contributed by atoms with Gasteiger partial charge in [0, 0.05) is 32.0 Å². The first-order valence-electron chi connectivity index (χ1n) is 11.8. The Hall–Kier alpha value is -3.22. The van der Waals surface area contributed by atoms with E-state index in [9.17, 15) is 14.0 Å². The molecule has 1 aliphatic heterocycles. The predicted octanol–water partition coefficient (Wildman–Crippen LogP) is 4.49. The van der Waals surface area contributed by atoms with Crippen molar-refractivity contribution in [2.24, 2.45) is 0 Å². The molecular weight excluding hydrogens is 419 g/mol. The second kappa shape index (κ2) is 8.96. The van der Waals surface area contributed by atoms with Crippen LogP contribution in [0.3, 0.4) is 0 Å². The van der Waals surface area contributed by atoms with E-state index in [0.717, 1.165) is 36.7 Å². The second-order valence-electron chi connectivity index (χ2n) is 9.20. The van der Waals surface area contributed by atoms with Crippen molar-refractivity contribution >= 4 is 28.5 Å². The number of carbonyl (C=O) groups excluding carboxylic acids is 2. The molecule has 2 aromatic carbocycles. The van der Waals surface area contributed by atoms with E-state index in [1.165, 1.54) is 17.4 Å². The highest BCUT2D eigenvalue weighted by Crippen LogP contribution is 2.34. The van der Waals surface area contributed by atoms with E-state index >= 15 is 0 Å². The first-order valence-corrected chi connectivity index (χ1v) is 11.8. The molecule has 1 saturated carbocycles. The van der Waals surface area contributed by atoms with Gasteiger partial charge in [-0.3, -0.25) is 9.59 Å². The molecule has 5 rings (SSSR count). The first-order chi connectivity index (χ1) is 16.0. The molecule has 1 saturated heterocycles. The van der Waals surface area contributed by atoms with E-state index in [4.69, 9.17) is 4.98 Å². The van der Waals surface area contributed by atoms with Gasteiger partial charge in [-0.15, -0.1) is 0 Å². The molecule has 33 heavy (non-hydrogen) atoms. The summed E-state index contributed by atoms with van der Waals surface area (Å²) in [6.07, 6.45) is 5.91. The van der Waals surface area contributed by atoms with Crippen LogP contribution in [0.15, 0.2) is 48.5 Å². The molecule has 2 amide bonds. The highest BCUT2D eigenvalue weighted by molar-refractivity contribution is 5.96. The highest BCUT2D eigenvalue weighted by atomic mass is 19.1. The SMILES string of the molecule is CN(C(=O)Cn1c(C2CC(=O)N(c3ccccc3F)C2)nc2ccccc21)C1CCCCC1. The van der Waals surface area contributed by atoms with Crippen LogP contribution in [0, 0.1) is 5.82 Å². The lowest BCUT2D eigenvalue weighted by Gasteiger charge is -2.31. The average Bonchev–Trinajstić information content (AvgIpc) is 3.40. The summed E-state index contributed by atoms with van der Waals surface area (Å²) in [5.41, 5.74) is 1.98. The van der Waals surface area contributed by atoms with Gasteiger partial charge in [-0.1, -0.05) is 43.5 Å². The molecule has 2 fully saturated rings. The Kier molecular flexibility index (Phi) is 5.87. The van der Waals surface area contributed by atoms with Crippen LogP contribution < -0.4 is 4.90 Å². The van der Waals surface area contributed by atoms with Gasteiger partial charge in [-0.2, -0.15) is 0 Å². The summed E-state index contributed by atoms with van der Waals surface area (Å²) in [6.45, 7) is 0.531. The zero-order chi connectivity index (χ0) is 22.9. The molecule has 0 radical (unpaired) electrons. The molecule has 0 spiro atoms. The van der Waals surface area contributed by atoms with E-state index in [0.29, 0.717) is 18.1 Å². The van der Waals surface area contributed by atoms with Crippen LogP contribution in [0.5, 0.6) is 0 Å². The lowest BCUT2D eigenvalue weighted by atomic mass is 9.94. The topological polar surface area (TPSA) is 58.4 Å². The van der Waals surface area contributed by atoms with Crippen LogP contribution in [0.1, 0.15) is 50.3 Å². The molecule has 172 valence electrons. The summed E-state index contributed by atoms with van der Waals surface area (Å²) >= 11 is 0. The van der Waals surface area contributed by atoms with Gasteiger partial charge in [0.25, 0.3) is 0 Å². The molecule has 0 bridgehead atoms. The number of para-hydroxylation sites is 3. The molecular formula is C26H29FN4O2. The van der Waals surface area contributed by atoms with Gasteiger partial charge >= 0.3 is 0 Å². The largest absolute Gasteiger partial charge is 0.341 e. The van der Waals surface area contributed by atoms with Crippen molar-refractivity contribution in [2.75, 3.05) is 18.5 Å². The maximum absolute atomic E-state index is 14.4. The number of carbonyl (C=O) groups is 2. The van der Waals surface area contributed by atoms with Gasteiger partial charge in [0.1, 0.15) is 18.2 Å². The van der Waals surface area contributed by atoms with Crippen molar-refractivity contribution < 1.29 is 14.0 Å². The van der Waals surface area contributed by atoms with E-state index in [1.807, 2.05) is 40.8 Å². The van der Waals surface area contributed by atoms with Crippen LogP contribution in [0.2, 0.25) is 0 Å². The number of likely N-dealkylation sites (N-methyl/N-ethyl adjacent to an activating group) is 1. The number of amides is 2. The van der Waals surface area contributed by atoms with E-state index in [1.54, 1.807) is 18.2 Å². The predicted molar refractivity (Wildman–Crippen MR) is 125 cm³/mol. The Balaban J connectivity index is 1.44. The summed E-state index contributed by atoms with van der Waals surface area (Å²) in [5.74, 6) is 0.0197. The van der Waals surface area contributed by atoms with Crippen molar-refractivity contribution in [3.8, 4) is 0 Å². The van der Waals surface area contributed by atoms with Crippen LogP contribution in [-0.2, 0) is 16.1 Å². The number of halogens is 1. The van der Waals surface area contributed by atoms with Gasteiger partial charge in [0.15, 0.2) is 0 Å². The average molecular weight is 449 g/mol. The lowest BCUT2D eigenvalue weighted by molar-refractivity contribution is -0.133. The molecule has 3 aromatic rings. The van der Waals surface area contributed by atoms with Gasteiger partial charge in [-0.25, -0.2) is 9.37 Å². The zero-order valence-corrected chi connectivity index (χ0v) is 18.9. The number of imidazole rings is 1. The quantitative estimate of drug-likeness (QED) is 0.578. The first kappa shape index (κ1) is 21.6. The summed E-state index contributed by atoms with van der Waals surface area (Å²) in [5, 5.41) is 0. The van der Waals surface area contributed by atoms with Gasteiger partial charge in [0.2, 0.25) is 11.8 Å². The zero-order valence-electron chi connectivity index (χ0n) is 18.9. The third-order valence-electron chi connectivity index (χ3n) is 7.13. The fourth-order valence-corrected chi connectivity index (χ4v) is 5.27. The monoisotopic (exact) mass is 448 g/mol. The fraction of sp³-hybridized carbons (Fsp3) is 0.423. The molecule has 1 aromatic heterocycles. The number of benzene rings is 2. The maximum atomic E-state index is 14.4. The third kappa shape index (κ3) is 4.12. The molecule has 6 nitrogen and oxygen atoms in total. The second-order valence-corrected chi connectivity index (χ2v) is 9.20. The Labute approximate surface area is 193 Å². The summed E-state index contributed by atoms with van der Waals surface area (Å²) in [6, 6.07) is 14.4. The molecule has 2 aliphatic rings. The smallest absolute Gasteiger partial charge is 0.242 e. The normalized spacial score (nSPS) is 19.4. The Bertz CT molecular complexity index is 1180. The molecule has 7 heteroatoms. The van der Waals surface area contributed by atoms with Gasteiger partial charge < -0.3 is 14.4 Å². The highest BCUT2D eigenvalue weighted by Gasteiger charge is 2.36. The van der Waals surface area contributed by atoms with Crippen molar-refractivity contribution in [2.45, 2.75) is 57.0 Å². The number of hydrogen-bond acceptors (Lipinski definition) is 3. The molecule has 2 heterocycles. The number of hydrogen-bond donors (Lipinski definition) is 0. The third-order valence-corrected chi connectivity index (χ3v) is 7.13. The van der Waals surface area contributed by atoms with Crippen LogP contribution >= 0.6 is 0 Å². The number of rotatable bonds is 5. The Morgan fingerprint density at radius 2 is 1.82 bits per heavy atom. The number of aromatic nitrogens is 2. The van der Waals surface area contributed by atoms with E-state index in [2.05, 4.69) is 0 Å². The summed E-state index contributed by atoms with van der Waals surface area (Å²) in [7, 11) is 1.90. The minimum absolute atomic E-state index is 0.0570. The Morgan fingerprint density at radius 1 is 1.09 bits per heavy atom. The maximum Gasteiger partial charge on any atom is 0.242 e. The molecule has 1 unspecified atom stereocenters. The van der Waals surface area contributed by atoms with Crippen LogP contribution in [-0.4, -0.2) is 45.9 Å². The van der Waals surface area contributed by atoms with Gasteiger partial charge in [-0.05, 0) is 37.1 Å². The van der Waals surface area contributed by atoms with E-state index < -0.39 is 5.82 Å². The summed E-state index contributed by atoms with van der Waals surface area (Å²) < 4.78 is 16.3. The van der Waals surface area contributed by atoms with Crippen LogP contribution in [0.25, 0.3) is 11.0 Å². The lowest BCUT2D eigenvalue weighted by Crippen LogP contribution is -2.40. The summed E-state index contributed by atoms with van der Waals surface area (Å²) in [4.78, 5) is 34.3. The number of fused-ring (bicyclic) bond motifs is 1. The number of nitrogens with zero attached hydrogens (tertiary/aromatic N) is 4. The number of anilines is 1. The minimum atomic E-state index is -0.413. The minimum Gasteiger partial charge on any atom is -0.341 e. The molecule has 0 N–H and O–H groups in total. The van der Waals surface area contributed by atoms with Crippen molar-refractivity contribution in [1.82, 2.24) is 14.5 Å². The fourth-order valence-electron chi connectivity index (χ4n) is 5.27. The van der Waals surface area contributed by atoms with Crippen molar-refractivity contribution in [3.63, 3.8) is 0 Å².